The van der Waals surface area contributed by atoms with Crippen molar-refractivity contribution < 1.29 is 0 Å². The molecule has 36 heavy (non-hydrogen) atoms. The van der Waals surface area contributed by atoms with E-state index in [0.717, 1.165) is 47.0 Å². The lowest BCUT2D eigenvalue weighted by molar-refractivity contribution is 0.625. The number of hydrogen-bond acceptors (Lipinski definition) is 2. The molecule has 1 unspecified atom stereocenters. The number of pyridine rings is 1. The minimum absolute atomic E-state index is 0.445. The number of aromatic nitrogens is 3. The summed E-state index contributed by atoms with van der Waals surface area (Å²) in [6, 6.07) is 6.61. The molecule has 1 aromatic carbocycles. The molecule has 0 saturated heterocycles. The molecule has 0 spiro atoms. The zero-order chi connectivity index (χ0) is 25.9. The van der Waals surface area contributed by atoms with Crippen molar-refractivity contribution in [2.45, 2.75) is 52.4 Å². The van der Waals surface area contributed by atoms with Gasteiger partial charge in [0, 0.05) is 24.2 Å². The van der Waals surface area contributed by atoms with E-state index in [-0.39, 0.29) is 0 Å². The van der Waals surface area contributed by atoms with Crippen molar-refractivity contribution in [3.8, 4) is 0 Å². The van der Waals surface area contributed by atoms with Crippen LogP contribution < -0.4 is 0 Å². The Morgan fingerprint density at radius 3 is 2.69 bits per heavy atom. The molecule has 0 amide bonds. The van der Waals surface area contributed by atoms with E-state index in [1.165, 1.54) is 16.7 Å². The van der Waals surface area contributed by atoms with Crippen molar-refractivity contribution in [2.24, 2.45) is 13.0 Å². The van der Waals surface area contributed by atoms with Gasteiger partial charge < -0.3 is 4.57 Å². The monoisotopic (exact) mass is 497 g/mol. The van der Waals surface area contributed by atoms with Gasteiger partial charge in [-0.3, -0.25) is 0 Å². The molecular weight excluding hydrogens is 462 g/mol. The van der Waals surface area contributed by atoms with Crippen molar-refractivity contribution in [3.63, 3.8) is 0 Å². The van der Waals surface area contributed by atoms with Crippen molar-refractivity contribution in [2.75, 3.05) is 0 Å². The Morgan fingerprint density at radius 2 is 2.08 bits per heavy atom. The van der Waals surface area contributed by atoms with E-state index in [4.69, 9.17) is 16.6 Å². The second kappa shape index (κ2) is 10.8. The molecule has 1 aliphatic rings. The first-order chi connectivity index (χ1) is 17.3. The van der Waals surface area contributed by atoms with Crippen LogP contribution in [0.2, 0.25) is 5.15 Å². The SMILES string of the molecule is C=C/C=C(\C=C/C)C(C)(c1ccc2nc(Cl)c(C3=CCCC=C3)c(CC(C)C)c2c1)c1cncn1C. The van der Waals surface area contributed by atoms with Crippen LogP contribution in [-0.2, 0) is 18.9 Å². The minimum atomic E-state index is -0.445. The van der Waals surface area contributed by atoms with Crippen molar-refractivity contribution in [3.05, 3.63) is 113 Å². The molecule has 1 aliphatic carbocycles. The van der Waals surface area contributed by atoms with Crippen LogP contribution in [0.1, 0.15) is 62.9 Å². The summed E-state index contributed by atoms with van der Waals surface area (Å²) in [7, 11) is 2.05. The molecule has 4 heteroatoms. The first-order valence-electron chi connectivity index (χ1n) is 12.7. The molecule has 0 bridgehead atoms. The molecule has 1 atom stereocenters. The summed E-state index contributed by atoms with van der Waals surface area (Å²) in [6.07, 6.45) is 21.8. The summed E-state index contributed by atoms with van der Waals surface area (Å²) in [5.41, 5.74) is 7.44. The highest BCUT2D eigenvalue weighted by Gasteiger charge is 2.35. The molecule has 0 radical (unpaired) electrons. The van der Waals surface area contributed by atoms with Gasteiger partial charge in [-0.1, -0.05) is 80.6 Å². The smallest absolute Gasteiger partial charge is 0.137 e. The van der Waals surface area contributed by atoms with Gasteiger partial charge >= 0.3 is 0 Å². The number of hydrogen-bond donors (Lipinski definition) is 0. The molecule has 3 aromatic rings. The molecule has 0 aliphatic heterocycles. The van der Waals surface area contributed by atoms with Crippen LogP contribution in [0.3, 0.4) is 0 Å². The second-order valence-electron chi connectivity index (χ2n) is 10.1. The fourth-order valence-corrected chi connectivity index (χ4v) is 5.63. The Kier molecular flexibility index (Phi) is 7.80. The zero-order valence-electron chi connectivity index (χ0n) is 22.1. The van der Waals surface area contributed by atoms with Crippen molar-refractivity contribution in [1.29, 1.82) is 0 Å². The highest BCUT2D eigenvalue weighted by Crippen LogP contribution is 2.42. The fourth-order valence-electron chi connectivity index (χ4n) is 5.32. The highest BCUT2D eigenvalue weighted by molar-refractivity contribution is 6.32. The molecule has 186 valence electrons. The van der Waals surface area contributed by atoms with Gasteiger partial charge in [-0.15, -0.1) is 0 Å². The van der Waals surface area contributed by atoms with Gasteiger partial charge in [0.1, 0.15) is 5.15 Å². The van der Waals surface area contributed by atoms with E-state index in [1.807, 2.05) is 32.6 Å². The third-order valence-electron chi connectivity index (χ3n) is 7.07. The van der Waals surface area contributed by atoms with E-state index < -0.39 is 5.41 Å². The van der Waals surface area contributed by atoms with Crippen LogP contribution in [0.4, 0.5) is 0 Å². The highest BCUT2D eigenvalue weighted by atomic mass is 35.5. The molecule has 0 fully saturated rings. The standard InChI is InChI=1S/C32H36ClN3/c1-7-12-24(13-8-2)32(5,29-20-34-21-36(29)6)25-16-17-28-26(19-25)27(18-22(3)4)30(31(33)35-28)23-14-10-9-11-15-23/h7-8,10,12-17,19-22H,1,9,11,18H2,2-6H3/b13-8-,24-12+. The first kappa shape index (κ1) is 25.9. The number of allylic oxidation sites excluding steroid dienone is 9. The summed E-state index contributed by atoms with van der Waals surface area (Å²) in [6.45, 7) is 12.8. The van der Waals surface area contributed by atoms with Crippen LogP contribution in [0.15, 0.2) is 85.4 Å². The molecular formula is C32H36ClN3. The molecule has 0 saturated carbocycles. The number of imidazole rings is 1. The molecule has 4 rings (SSSR count). The Bertz CT molecular complexity index is 1400. The number of halogens is 1. The maximum atomic E-state index is 6.86. The van der Waals surface area contributed by atoms with Gasteiger partial charge in [0.15, 0.2) is 0 Å². The third kappa shape index (κ3) is 4.77. The van der Waals surface area contributed by atoms with Gasteiger partial charge in [0.05, 0.1) is 23.0 Å². The van der Waals surface area contributed by atoms with Crippen molar-refractivity contribution >= 4 is 28.1 Å². The van der Waals surface area contributed by atoms with Crippen LogP contribution in [-0.4, -0.2) is 14.5 Å². The average molecular weight is 498 g/mol. The number of benzene rings is 1. The van der Waals surface area contributed by atoms with Crippen LogP contribution >= 0.6 is 11.6 Å². The summed E-state index contributed by atoms with van der Waals surface area (Å²) >= 11 is 6.86. The summed E-state index contributed by atoms with van der Waals surface area (Å²) in [4.78, 5) is 9.33. The van der Waals surface area contributed by atoms with E-state index in [2.05, 4.69) is 91.6 Å². The van der Waals surface area contributed by atoms with E-state index in [1.54, 1.807) is 0 Å². The molecule has 3 nitrogen and oxygen atoms in total. The predicted molar refractivity (Wildman–Crippen MR) is 154 cm³/mol. The number of aryl methyl sites for hydroxylation is 1. The maximum absolute atomic E-state index is 6.86. The molecule has 0 N–H and O–H groups in total. The Balaban J connectivity index is 2.06. The lowest BCUT2D eigenvalue weighted by atomic mass is 9.72. The number of fused-ring (bicyclic) bond motifs is 1. The van der Waals surface area contributed by atoms with E-state index in [9.17, 15) is 0 Å². The summed E-state index contributed by atoms with van der Waals surface area (Å²) < 4.78 is 2.10. The average Bonchev–Trinajstić information content (AvgIpc) is 3.30. The zero-order valence-corrected chi connectivity index (χ0v) is 22.8. The van der Waals surface area contributed by atoms with Gasteiger partial charge in [0.25, 0.3) is 0 Å². The Labute approximate surface area is 220 Å². The van der Waals surface area contributed by atoms with E-state index >= 15 is 0 Å². The Hall–Kier alpha value is -3.17. The van der Waals surface area contributed by atoms with Crippen LogP contribution in [0, 0.1) is 5.92 Å². The second-order valence-corrected chi connectivity index (χ2v) is 10.5. The number of rotatable bonds is 8. The molecule has 2 heterocycles. The Morgan fingerprint density at radius 1 is 1.28 bits per heavy atom. The molecule has 2 aromatic heterocycles. The van der Waals surface area contributed by atoms with Crippen LogP contribution in [0.25, 0.3) is 16.5 Å². The largest absolute Gasteiger partial charge is 0.337 e. The van der Waals surface area contributed by atoms with Gasteiger partial charge in [-0.05, 0) is 73.4 Å². The van der Waals surface area contributed by atoms with Gasteiger partial charge in [0.2, 0.25) is 0 Å². The first-order valence-corrected chi connectivity index (χ1v) is 13.1. The van der Waals surface area contributed by atoms with Gasteiger partial charge in [-0.2, -0.15) is 0 Å². The lowest BCUT2D eigenvalue weighted by Gasteiger charge is -2.33. The summed E-state index contributed by atoms with van der Waals surface area (Å²) in [5.74, 6) is 0.477. The third-order valence-corrected chi connectivity index (χ3v) is 7.35. The fraction of sp³-hybridized carbons (Fsp3) is 0.312. The predicted octanol–water partition coefficient (Wildman–Crippen LogP) is 8.55. The summed E-state index contributed by atoms with van der Waals surface area (Å²) in [5, 5.41) is 1.74. The van der Waals surface area contributed by atoms with Crippen LogP contribution in [0.5, 0.6) is 0 Å². The maximum Gasteiger partial charge on any atom is 0.137 e. The van der Waals surface area contributed by atoms with Crippen molar-refractivity contribution in [1.82, 2.24) is 14.5 Å². The topological polar surface area (TPSA) is 30.7 Å². The normalized spacial score (nSPS) is 16.1. The minimum Gasteiger partial charge on any atom is -0.337 e. The quantitative estimate of drug-likeness (QED) is 0.230. The van der Waals surface area contributed by atoms with Gasteiger partial charge in [-0.25, -0.2) is 9.97 Å². The number of nitrogens with zero attached hydrogens (tertiary/aromatic N) is 3. The van der Waals surface area contributed by atoms with E-state index in [0.29, 0.717) is 11.1 Å². The lowest BCUT2D eigenvalue weighted by Crippen LogP contribution is -2.28.